The van der Waals surface area contributed by atoms with E-state index in [0.717, 1.165) is 32.5 Å². The molecule has 0 aromatic carbocycles. The van der Waals surface area contributed by atoms with Gasteiger partial charge in [-0.25, -0.2) is 0 Å². The summed E-state index contributed by atoms with van der Waals surface area (Å²) in [5.41, 5.74) is -0.129. The van der Waals surface area contributed by atoms with Crippen LogP contribution >= 0.6 is 0 Å². The number of likely N-dealkylation sites (N-methyl/N-ethyl adjacent to an activating group) is 1. The average Bonchev–Trinajstić information content (AvgIpc) is 2.90. The second kappa shape index (κ2) is 7.09. The van der Waals surface area contributed by atoms with Crippen LogP contribution in [0.25, 0.3) is 0 Å². The zero-order valence-electron chi connectivity index (χ0n) is 14.8. The van der Waals surface area contributed by atoms with E-state index in [2.05, 4.69) is 27.0 Å². The predicted octanol–water partition coefficient (Wildman–Crippen LogP) is -0.0387. The number of likely N-dealkylation sites (tertiary alicyclic amines) is 1. The minimum absolute atomic E-state index is 0.0719. The number of aliphatic carboxylic acids is 1. The van der Waals surface area contributed by atoms with E-state index in [1.807, 2.05) is 0 Å². The van der Waals surface area contributed by atoms with Gasteiger partial charge in [0.1, 0.15) is 6.54 Å². The van der Waals surface area contributed by atoms with Gasteiger partial charge in [-0.2, -0.15) is 0 Å². The molecule has 9 heteroatoms. The van der Waals surface area contributed by atoms with Crippen molar-refractivity contribution in [3.8, 4) is 0 Å². The topological polar surface area (TPSA) is 103 Å². The lowest BCUT2D eigenvalue weighted by atomic mass is 9.86. The van der Waals surface area contributed by atoms with Crippen molar-refractivity contribution in [3.05, 3.63) is 11.8 Å². The molecule has 0 aliphatic carbocycles. The number of carboxylic acid groups (broad SMARTS) is 1. The second-order valence-electron chi connectivity index (χ2n) is 7.03. The maximum Gasteiger partial charge on any atom is 0.323 e. The standard InChI is InChI=1S/C16H25N5O4/c1-12-17-18-13(25-12)9-20-8-7-19(2)16(11-20)4-3-14(22)21(6-5-16)10-15(23)24/h3-11H2,1-2H3,(H,23,24)/t16-/m1/s1. The second-order valence-corrected chi connectivity index (χ2v) is 7.03. The number of aryl methyl sites for hydroxylation is 1. The van der Waals surface area contributed by atoms with Crippen LogP contribution < -0.4 is 0 Å². The predicted molar refractivity (Wildman–Crippen MR) is 87.7 cm³/mol. The molecular formula is C16H25N5O4. The maximum absolute atomic E-state index is 12.3. The van der Waals surface area contributed by atoms with Crippen LogP contribution in [0, 0.1) is 6.92 Å². The number of nitrogens with zero attached hydrogens (tertiary/aromatic N) is 5. The highest BCUT2D eigenvalue weighted by molar-refractivity contribution is 5.81. The molecule has 1 amide bonds. The Balaban J connectivity index is 1.69. The Hall–Kier alpha value is -2.00. The minimum atomic E-state index is -0.963. The van der Waals surface area contributed by atoms with Gasteiger partial charge in [-0.1, -0.05) is 0 Å². The summed E-state index contributed by atoms with van der Waals surface area (Å²) >= 11 is 0. The number of amides is 1. The van der Waals surface area contributed by atoms with E-state index in [9.17, 15) is 9.59 Å². The van der Waals surface area contributed by atoms with Gasteiger partial charge in [0.15, 0.2) is 0 Å². The minimum Gasteiger partial charge on any atom is -0.480 e. The molecular weight excluding hydrogens is 326 g/mol. The van der Waals surface area contributed by atoms with Crippen LogP contribution in [0.5, 0.6) is 0 Å². The fourth-order valence-electron chi connectivity index (χ4n) is 3.83. The number of carbonyl (C=O) groups is 2. The van der Waals surface area contributed by atoms with Crippen LogP contribution in [0.4, 0.5) is 0 Å². The van der Waals surface area contributed by atoms with Crippen molar-refractivity contribution in [1.82, 2.24) is 24.9 Å². The van der Waals surface area contributed by atoms with Crippen LogP contribution in [0.15, 0.2) is 4.42 Å². The zero-order chi connectivity index (χ0) is 18.0. The quantitative estimate of drug-likeness (QED) is 0.806. The van der Waals surface area contributed by atoms with Crippen molar-refractivity contribution in [3.63, 3.8) is 0 Å². The SMILES string of the molecule is Cc1nnc(CN2CCN(C)[C@@]3(CCC(=O)N(CC(=O)O)CC3)C2)o1. The zero-order valence-corrected chi connectivity index (χ0v) is 14.8. The fourth-order valence-corrected chi connectivity index (χ4v) is 3.83. The van der Waals surface area contributed by atoms with E-state index in [1.165, 1.54) is 4.90 Å². The molecule has 2 aliphatic heterocycles. The molecule has 3 heterocycles. The monoisotopic (exact) mass is 351 g/mol. The van der Waals surface area contributed by atoms with Crippen molar-refractivity contribution in [2.75, 3.05) is 39.8 Å². The highest BCUT2D eigenvalue weighted by Crippen LogP contribution is 2.32. The summed E-state index contributed by atoms with van der Waals surface area (Å²) in [5.74, 6) is 0.129. The maximum atomic E-state index is 12.3. The third-order valence-electron chi connectivity index (χ3n) is 5.34. The highest BCUT2D eigenvalue weighted by Gasteiger charge is 2.42. The molecule has 2 aliphatic rings. The van der Waals surface area contributed by atoms with Gasteiger partial charge < -0.3 is 14.4 Å². The summed E-state index contributed by atoms with van der Waals surface area (Å²) in [6.45, 7) is 5.22. The highest BCUT2D eigenvalue weighted by atomic mass is 16.4. The van der Waals surface area contributed by atoms with Crippen LogP contribution in [0.2, 0.25) is 0 Å². The number of hydrogen-bond donors (Lipinski definition) is 1. The Kier molecular flexibility index (Phi) is 5.05. The first-order chi connectivity index (χ1) is 11.9. The van der Waals surface area contributed by atoms with Gasteiger partial charge >= 0.3 is 5.97 Å². The molecule has 25 heavy (non-hydrogen) atoms. The third-order valence-corrected chi connectivity index (χ3v) is 5.34. The van der Waals surface area contributed by atoms with Gasteiger partial charge in [0.2, 0.25) is 17.7 Å². The number of carboxylic acids is 1. The van der Waals surface area contributed by atoms with Gasteiger partial charge in [0, 0.05) is 45.1 Å². The summed E-state index contributed by atoms with van der Waals surface area (Å²) in [4.78, 5) is 29.3. The molecule has 2 fully saturated rings. The lowest BCUT2D eigenvalue weighted by Crippen LogP contribution is -2.60. The molecule has 0 saturated carbocycles. The molecule has 3 rings (SSSR count). The molecule has 0 radical (unpaired) electrons. The molecule has 0 unspecified atom stereocenters. The fraction of sp³-hybridized carbons (Fsp3) is 0.750. The van der Waals surface area contributed by atoms with Gasteiger partial charge in [0.25, 0.3) is 0 Å². The summed E-state index contributed by atoms with van der Waals surface area (Å²) < 4.78 is 5.49. The van der Waals surface area contributed by atoms with Crippen molar-refractivity contribution in [2.45, 2.75) is 38.3 Å². The number of aromatic nitrogens is 2. The Morgan fingerprint density at radius 3 is 2.76 bits per heavy atom. The van der Waals surface area contributed by atoms with E-state index < -0.39 is 5.97 Å². The van der Waals surface area contributed by atoms with Crippen molar-refractivity contribution in [1.29, 1.82) is 0 Å². The summed E-state index contributed by atoms with van der Waals surface area (Å²) in [6, 6.07) is 0. The van der Waals surface area contributed by atoms with E-state index >= 15 is 0 Å². The molecule has 1 N–H and O–H groups in total. The van der Waals surface area contributed by atoms with E-state index in [1.54, 1.807) is 6.92 Å². The summed E-state index contributed by atoms with van der Waals surface area (Å²) in [6.07, 6.45) is 1.88. The molecule has 1 spiro atoms. The number of rotatable bonds is 4. The Labute approximate surface area is 146 Å². The normalized spacial score (nSPS) is 26.2. The molecule has 1 aromatic rings. The molecule has 9 nitrogen and oxygen atoms in total. The first kappa shape index (κ1) is 17.8. The summed E-state index contributed by atoms with van der Waals surface area (Å²) in [5, 5.41) is 16.9. The lowest BCUT2D eigenvalue weighted by molar-refractivity contribution is -0.144. The van der Waals surface area contributed by atoms with Crippen LogP contribution in [-0.4, -0.2) is 87.2 Å². The largest absolute Gasteiger partial charge is 0.480 e. The lowest BCUT2D eigenvalue weighted by Gasteiger charge is -2.49. The first-order valence-corrected chi connectivity index (χ1v) is 8.60. The smallest absolute Gasteiger partial charge is 0.323 e. The van der Waals surface area contributed by atoms with Crippen LogP contribution in [0.1, 0.15) is 31.0 Å². The van der Waals surface area contributed by atoms with Gasteiger partial charge in [0.05, 0.1) is 6.54 Å². The summed E-state index contributed by atoms with van der Waals surface area (Å²) in [7, 11) is 2.09. The van der Waals surface area contributed by atoms with Crippen molar-refractivity contribution < 1.29 is 19.1 Å². The van der Waals surface area contributed by atoms with Gasteiger partial charge in [-0.3, -0.25) is 19.4 Å². The first-order valence-electron chi connectivity index (χ1n) is 8.60. The Bertz CT molecular complexity index is 648. The van der Waals surface area contributed by atoms with Crippen LogP contribution in [-0.2, 0) is 16.1 Å². The molecule has 1 atom stereocenters. The van der Waals surface area contributed by atoms with Gasteiger partial charge in [-0.05, 0) is 19.9 Å². The third kappa shape index (κ3) is 3.98. The molecule has 1 aromatic heterocycles. The molecule has 2 saturated heterocycles. The van der Waals surface area contributed by atoms with E-state index in [-0.39, 0.29) is 18.0 Å². The number of hydrogen-bond acceptors (Lipinski definition) is 7. The van der Waals surface area contributed by atoms with Crippen molar-refractivity contribution in [2.24, 2.45) is 0 Å². The number of carbonyl (C=O) groups excluding carboxylic acids is 1. The van der Waals surface area contributed by atoms with Crippen LogP contribution in [0.3, 0.4) is 0 Å². The van der Waals surface area contributed by atoms with E-state index in [0.29, 0.717) is 31.3 Å². The Morgan fingerprint density at radius 1 is 1.28 bits per heavy atom. The van der Waals surface area contributed by atoms with Crippen molar-refractivity contribution >= 4 is 11.9 Å². The van der Waals surface area contributed by atoms with Gasteiger partial charge in [-0.15, -0.1) is 10.2 Å². The number of piperazine rings is 1. The molecule has 0 bridgehead atoms. The van der Waals surface area contributed by atoms with E-state index in [4.69, 9.17) is 9.52 Å². The molecule has 138 valence electrons. The Morgan fingerprint density at radius 2 is 2.08 bits per heavy atom. The average molecular weight is 351 g/mol.